The number of fused-ring (bicyclic) bond motifs is 2. The molecule has 29 heavy (non-hydrogen) atoms. The summed E-state index contributed by atoms with van der Waals surface area (Å²) in [4.78, 5) is 44.4. The second-order valence-corrected chi connectivity index (χ2v) is 10.1. The van der Waals surface area contributed by atoms with Gasteiger partial charge in [0.25, 0.3) is 0 Å². The number of hydrogen-bond acceptors (Lipinski definition) is 5. The molecule has 3 aliphatic rings. The largest absolute Gasteiger partial charge is 0.330 e. The molecular formula is C22H24N2O3S2. The fourth-order valence-electron chi connectivity index (χ4n) is 5.14. The zero-order valence-electron chi connectivity index (χ0n) is 16.2. The molecule has 0 N–H and O–H groups in total. The van der Waals surface area contributed by atoms with Gasteiger partial charge in [-0.1, -0.05) is 18.9 Å². The lowest BCUT2D eigenvalue weighted by Crippen LogP contribution is -2.42. The average molecular weight is 429 g/mol. The number of likely N-dealkylation sites (tertiary alicyclic amines) is 1. The van der Waals surface area contributed by atoms with Crippen molar-refractivity contribution in [3.8, 4) is 0 Å². The first-order chi connectivity index (χ1) is 14.1. The maximum absolute atomic E-state index is 13.2. The van der Waals surface area contributed by atoms with E-state index in [-0.39, 0.29) is 48.6 Å². The Morgan fingerprint density at radius 2 is 1.79 bits per heavy atom. The standard InChI is InChI=1S/C22H24N2O3S2/c25-19(8-11-24-21(26)14-4-1-2-5-15(14)22(24)27)23-10-7-17-16(9-13-29-17)20(23)18-6-3-12-28-18/h3,6,9,12-15,20H,1-2,4-5,7-8,10-11H2/t14-,15+,20-/m0/s1. The van der Waals surface area contributed by atoms with Crippen LogP contribution in [0.5, 0.6) is 0 Å². The van der Waals surface area contributed by atoms with E-state index in [0.717, 1.165) is 37.0 Å². The highest BCUT2D eigenvalue weighted by atomic mass is 32.1. The fourth-order valence-corrected chi connectivity index (χ4v) is 6.90. The molecule has 2 aromatic rings. The van der Waals surface area contributed by atoms with Crippen molar-refractivity contribution in [1.82, 2.24) is 9.80 Å². The Bertz CT molecular complexity index is 912. The maximum atomic E-state index is 13.2. The normalized spacial score (nSPS) is 26.6. The van der Waals surface area contributed by atoms with Crippen LogP contribution < -0.4 is 0 Å². The van der Waals surface area contributed by atoms with E-state index in [2.05, 4.69) is 17.5 Å². The van der Waals surface area contributed by atoms with Crippen molar-refractivity contribution in [2.75, 3.05) is 13.1 Å². The van der Waals surface area contributed by atoms with Gasteiger partial charge in [0, 0.05) is 29.3 Å². The van der Waals surface area contributed by atoms with Crippen LogP contribution in [0.15, 0.2) is 29.0 Å². The third-order valence-electron chi connectivity index (χ3n) is 6.58. The Hall–Kier alpha value is -1.99. The van der Waals surface area contributed by atoms with Crippen LogP contribution in [-0.2, 0) is 20.8 Å². The predicted octanol–water partition coefficient (Wildman–Crippen LogP) is 3.85. The van der Waals surface area contributed by atoms with Crippen molar-refractivity contribution in [2.45, 2.75) is 44.6 Å². The summed E-state index contributed by atoms with van der Waals surface area (Å²) in [6.07, 6.45) is 4.74. The van der Waals surface area contributed by atoms with Crippen LogP contribution in [0.3, 0.4) is 0 Å². The molecular weight excluding hydrogens is 404 g/mol. The molecule has 1 saturated carbocycles. The van der Waals surface area contributed by atoms with Crippen LogP contribution in [0.1, 0.15) is 53.5 Å². The van der Waals surface area contributed by atoms with Gasteiger partial charge in [-0.2, -0.15) is 0 Å². The summed E-state index contributed by atoms with van der Waals surface area (Å²) in [5.74, 6) is -0.375. The third-order valence-corrected chi connectivity index (χ3v) is 8.50. The predicted molar refractivity (Wildman–Crippen MR) is 113 cm³/mol. The first-order valence-electron chi connectivity index (χ1n) is 10.4. The van der Waals surface area contributed by atoms with Crippen LogP contribution in [-0.4, -0.2) is 40.6 Å². The Labute approximate surface area is 178 Å². The van der Waals surface area contributed by atoms with Crippen LogP contribution in [0.2, 0.25) is 0 Å². The second kappa shape index (κ2) is 7.69. The molecule has 0 bridgehead atoms. The molecule has 152 valence electrons. The summed E-state index contributed by atoms with van der Waals surface area (Å²) in [6.45, 7) is 0.899. The van der Waals surface area contributed by atoms with Crippen molar-refractivity contribution in [3.63, 3.8) is 0 Å². The topological polar surface area (TPSA) is 57.7 Å². The van der Waals surface area contributed by atoms with Crippen molar-refractivity contribution in [3.05, 3.63) is 44.3 Å². The van der Waals surface area contributed by atoms with E-state index in [0.29, 0.717) is 6.54 Å². The molecule has 7 heteroatoms. The number of amides is 3. The number of hydrogen-bond donors (Lipinski definition) is 0. The van der Waals surface area contributed by atoms with Gasteiger partial charge in [0.15, 0.2) is 0 Å². The summed E-state index contributed by atoms with van der Waals surface area (Å²) in [6, 6.07) is 6.18. The lowest BCUT2D eigenvalue weighted by molar-refractivity contribution is -0.141. The molecule has 4 heterocycles. The molecule has 0 aromatic carbocycles. The minimum Gasteiger partial charge on any atom is -0.330 e. The van der Waals surface area contributed by atoms with E-state index >= 15 is 0 Å². The van der Waals surface area contributed by atoms with E-state index in [1.54, 1.807) is 22.7 Å². The van der Waals surface area contributed by atoms with E-state index in [9.17, 15) is 14.4 Å². The minimum absolute atomic E-state index is 0.0238. The molecule has 5 rings (SSSR count). The van der Waals surface area contributed by atoms with E-state index < -0.39 is 0 Å². The smallest absolute Gasteiger partial charge is 0.233 e. The van der Waals surface area contributed by atoms with Crippen LogP contribution in [0.4, 0.5) is 0 Å². The molecule has 3 atom stereocenters. The average Bonchev–Trinajstić information content (AvgIpc) is 3.48. The van der Waals surface area contributed by atoms with Crippen LogP contribution in [0.25, 0.3) is 0 Å². The fraction of sp³-hybridized carbons (Fsp3) is 0.500. The summed E-state index contributed by atoms with van der Waals surface area (Å²) in [7, 11) is 0. The van der Waals surface area contributed by atoms with Crippen LogP contribution in [0, 0.1) is 11.8 Å². The molecule has 3 amide bonds. The number of rotatable bonds is 4. The van der Waals surface area contributed by atoms with Gasteiger partial charge in [0.2, 0.25) is 17.7 Å². The number of nitrogens with zero attached hydrogens (tertiary/aromatic N) is 2. The molecule has 0 radical (unpaired) electrons. The van der Waals surface area contributed by atoms with E-state index in [1.165, 1.54) is 15.3 Å². The molecule has 1 saturated heterocycles. The molecule has 2 aromatic heterocycles. The third kappa shape index (κ3) is 3.24. The Balaban J connectivity index is 1.32. The van der Waals surface area contributed by atoms with E-state index in [4.69, 9.17) is 0 Å². The minimum atomic E-state index is -0.145. The summed E-state index contributed by atoms with van der Waals surface area (Å²) < 4.78 is 0. The highest BCUT2D eigenvalue weighted by Gasteiger charge is 2.48. The van der Waals surface area contributed by atoms with Gasteiger partial charge in [0.05, 0.1) is 17.9 Å². The van der Waals surface area contributed by atoms with Gasteiger partial charge in [-0.3, -0.25) is 19.3 Å². The zero-order valence-corrected chi connectivity index (χ0v) is 17.8. The van der Waals surface area contributed by atoms with Crippen molar-refractivity contribution >= 4 is 40.4 Å². The van der Waals surface area contributed by atoms with Crippen molar-refractivity contribution < 1.29 is 14.4 Å². The quantitative estimate of drug-likeness (QED) is 0.695. The van der Waals surface area contributed by atoms with Gasteiger partial charge in [-0.25, -0.2) is 0 Å². The Morgan fingerprint density at radius 3 is 2.48 bits per heavy atom. The second-order valence-electron chi connectivity index (χ2n) is 8.13. The Kier molecular flexibility index (Phi) is 5.04. The molecule has 2 aliphatic heterocycles. The maximum Gasteiger partial charge on any atom is 0.233 e. The van der Waals surface area contributed by atoms with Gasteiger partial charge in [-0.05, 0) is 47.7 Å². The molecule has 0 unspecified atom stereocenters. The zero-order chi connectivity index (χ0) is 20.0. The lowest BCUT2D eigenvalue weighted by Gasteiger charge is -2.36. The SMILES string of the molecule is O=C1[C@H]2CCCC[C@H]2C(=O)N1CCC(=O)N1CCc2sccc2[C@H]1c1cccs1. The monoisotopic (exact) mass is 428 g/mol. The number of thiophene rings is 2. The number of carbonyl (C=O) groups is 3. The summed E-state index contributed by atoms with van der Waals surface area (Å²) >= 11 is 3.42. The van der Waals surface area contributed by atoms with Gasteiger partial charge >= 0.3 is 0 Å². The first-order valence-corrected chi connectivity index (χ1v) is 12.2. The summed E-state index contributed by atoms with van der Waals surface area (Å²) in [5.41, 5.74) is 1.22. The highest BCUT2D eigenvalue weighted by Crippen LogP contribution is 2.40. The van der Waals surface area contributed by atoms with Crippen molar-refractivity contribution in [1.29, 1.82) is 0 Å². The number of carbonyl (C=O) groups excluding carboxylic acids is 3. The van der Waals surface area contributed by atoms with Crippen molar-refractivity contribution in [2.24, 2.45) is 11.8 Å². The van der Waals surface area contributed by atoms with Gasteiger partial charge in [-0.15, -0.1) is 22.7 Å². The molecule has 5 nitrogen and oxygen atoms in total. The van der Waals surface area contributed by atoms with Gasteiger partial charge in [0.1, 0.15) is 0 Å². The Morgan fingerprint density at radius 1 is 1.03 bits per heavy atom. The van der Waals surface area contributed by atoms with E-state index in [1.807, 2.05) is 16.3 Å². The molecule has 2 fully saturated rings. The molecule has 1 aliphatic carbocycles. The first kappa shape index (κ1) is 19.0. The highest BCUT2D eigenvalue weighted by molar-refractivity contribution is 7.10. The number of imide groups is 1. The van der Waals surface area contributed by atoms with Crippen LogP contribution >= 0.6 is 22.7 Å². The van der Waals surface area contributed by atoms with Gasteiger partial charge < -0.3 is 4.90 Å². The summed E-state index contributed by atoms with van der Waals surface area (Å²) in [5, 5.41) is 4.14. The molecule has 0 spiro atoms. The lowest BCUT2D eigenvalue weighted by atomic mass is 9.81.